The third-order valence-corrected chi connectivity index (χ3v) is 2.76. The molecule has 2 rings (SSSR count). The molecule has 0 aliphatic carbocycles. The lowest BCUT2D eigenvalue weighted by molar-refractivity contribution is 0.0513. The highest BCUT2D eigenvalue weighted by Gasteiger charge is 2.16. The Morgan fingerprint density at radius 1 is 1.33 bits per heavy atom. The molecule has 0 bridgehead atoms. The number of aryl methyl sites for hydroxylation is 2. The number of carbonyl (C=O) groups excluding carboxylic acids is 1. The summed E-state index contributed by atoms with van der Waals surface area (Å²) in [6, 6.07) is 5.73. The highest BCUT2D eigenvalue weighted by molar-refractivity contribution is 5.89. The van der Waals surface area contributed by atoms with Crippen molar-refractivity contribution in [3.05, 3.63) is 47.2 Å². The van der Waals surface area contributed by atoms with Crippen molar-refractivity contribution in [2.24, 2.45) is 0 Å². The van der Waals surface area contributed by atoms with Gasteiger partial charge in [-0.05, 0) is 44.5 Å². The van der Waals surface area contributed by atoms with Gasteiger partial charge in [-0.15, -0.1) is 0 Å². The van der Waals surface area contributed by atoms with E-state index < -0.39 is 0 Å². The van der Waals surface area contributed by atoms with Crippen LogP contribution in [0.25, 0.3) is 0 Å². The molecule has 2 aromatic heterocycles. The van der Waals surface area contributed by atoms with E-state index in [1.807, 2.05) is 42.8 Å². The van der Waals surface area contributed by atoms with E-state index in [4.69, 9.17) is 9.15 Å². The van der Waals surface area contributed by atoms with Gasteiger partial charge in [-0.3, -0.25) is 0 Å². The summed E-state index contributed by atoms with van der Waals surface area (Å²) in [5, 5.41) is 0. The minimum Gasteiger partial charge on any atom is -0.464 e. The first kappa shape index (κ1) is 12.5. The Balaban J connectivity index is 2.26. The Kier molecular flexibility index (Phi) is 3.55. The lowest BCUT2D eigenvalue weighted by atomic mass is 10.2. The molecule has 96 valence electrons. The summed E-state index contributed by atoms with van der Waals surface area (Å²) in [7, 11) is 0. The van der Waals surface area contributed by atoms with E-state index in [9.17, 15) is 4.79 Å². The molecule has 0 fully saturated rings. The van der Waals surface area contributed by atoms with E-state index in [0.29, 0.717) is 18.8 Å². The molecule has 4 heteroatoms. The zero-order valence-electron chi connectivity index (χ0n) is 10.9. The first-order chi connectivity index (χ1) is 8.61. The van der Waals surface area contributed by atoms with E-state index in [0.717, 1.165) is 17.1 Å². The number of hydrogen-bond acceptors (Lipinski definition) is 3. The van der Waals surface area contributed by atoms with Crippen molar-refractivity contribution >= 4 is 5.97 Å². The van der Waals surface area contributed by atoms with Gasteiger partial charge in [0, 0.05) is 6.20 Å². The summed E-state index contributed by atoms with van der Waals surface area (Å²) in [4.78, 5) is 11.9. The Morgan fingerprint density at radius 3 is 2.72 bits per heavy atom. The number of furan rings is 1. The van der Waals surface area contributed by atoms with Crippen molar-refractivity contribution in [1.29, 1.82) is 0 Å². The average molecular weight is 247 g/mol. The molecule has 0 amide bonds. The van der Waals surface area contributed by atoms with Gasteiger partial charge in [-0.1, -0.05) is 0 Å². The maximum absolute atomic E-state index is 11.9. The molecule has 2 heterocycles. The standard InChI is InChI=1S/C14H17NO3/c1-4-17-14(16)13-10(2)7-8-15(13)9-12-6-5-11(3)18-12/h5-8H,4,9H2,1-3H3. The normalized spacial score (nSPS) is 10.6. The maximum Gasteiger partial charge on any atom is 0.355 e. The summed E-state index contributed by atoms with van der Waals surface area (Å²) < 4.78 is 12.4. The number of hydrogen-bond donors (Lipinski definition) is 0. The molecule has 0 radical (unpaired) electrons. The Labute approximate surface area is 106 Å². The molecule has 0 spiro atoms. The molecule has 0 saturated heterocycles. The monoisotopic (exact) mass is 247 g/mol. The van der Waals surface area contributed by atoms with Gasteiger partial charge in [0.1, 0.15) is 17.2 Å². The number of nitrogens with zero attached hydrogens (tertiary/aromatic N) is 1. The van der Waals surface area contributed by atoms with Crippen LogP contribution in [-0.2, 0) is 11.3 Å². The Hall–Kier alpha value is -1.97. The van der Waals surface area contributed by atoms with Crippen LogP contribution in [0.15, 0.2) is 28.8 Å². The van der Waals surface area contributed by atoms with Crippen LogP contribution in [0.4, 0.5) is 0 Å². The van der Waals surface area contributed by atoms with Crippen molar-refractivity contribution in [3.8, 4) is 0 Å². The van der Waals surface area contributed by atoms with Crippen LogP contribution in [0.5, 0.6) is 0 Å². The predicted octanol–water partition coefficient (Wildman–Crippen LogP) is 2.92. The molecule has 0 atom stereocenters. The van der Waals surface area contributed by atoms with Crippen molar-refractivity contribution < 1.29 is 13.9 Å². The second-order valence-corrected chi connectivity index (χ2v) is 4.21. The van der Waals surface area contributed by atoms with Crippen LogP contribution in [0, 0.1) is 13.8 Å². The van der Waals surface area contributed by atoms with E-state index in [1.165, 1.54) is 0 Å². The fraction of sp³-hybridized carbons (Fsp3) is 0.357. The largest absolute Gasteiger partial charge is 0.464 e. The first-order valence-corrected chi connectivity index (χ1v) is 6.00. The van der Waals surface area contributed by atoms with E-state index in [1.54, 1.807) is 6.92 Å². The highest BCUT2D eigenvalue weighted by Crippen LogP contribution is 2.15. The molecule has 0 aliphatic rings. The third-order valence-electron chi connectivity index (χ3n) is 2.76. The number of rotatable bonds is 4. The lowest BCUT2D eigenvalue weighted by Gasteiger charge is -2.08. The van der Waals surface area contributed by atoms with Gasteiger partial charge < -0.3 is 13.7 Å². The molecule has 4 nitrogen and oxygen atoms in total. The molecule has 0 aliphatic heterocycles. The minimum absolute atomic E-state index is 0.289. The molecule has 18 heavy (non-hydrogen) atoms. The van der Waals surface area contributed by atoms with Gasteiger partial charge in [-0.25, -0.2) is 4.79 Å². The quantitative estimate of drug-likeness (QED) is 0.780. The summed E-state index contributed by atoms with van der Waals surface area (Å²) in [5.41, 5.74) is 1.50. The zero-order chi connectivity index (χ0) is 13.1. The van der Waals surface area contributed by atoms with E-state index >= 15 is 0 Å². The highest BCUT2D eigenvalue weighted by atomic mass is 16.5. The van der Waals surface area contributed by atoms with Crippen molar-refractivity contribution in [2.75, 3.05) is 6.61 Å². The Morgan fingerprint density at radius 2 is 2.11 bits per heavy atom. The Bertz CT molecular complexity index is 551. The van der Waals surface area contributed by atoms with Crippen LogP contribution in [0.2, 0.25) is 0 Å². The maximum atomic E-state index is 11.9. The number of esters is 1. The summed E-state index contributed by atoms with van der Waals surface area (Å²) in [6.07, 6.45) is 1.87. The second-order valence-electron chi connectivity index (χ2n) is 4.21. The van der Waals surface area contributed by atoms with Gasteiger partial charge in [0.05, 0.1) is 13.2 Å². The van der Waals surface area contributed by atoms with Crippen LogP contribution < -0.4 is 0 Å². The minimum atomic E-state index is -0.289. The molecule has 0 aromatic carbocycles. The second kappa shape index (κ2) is 5.12. The fourth-order valence-electron chi connectivity index (χ4n) is 1.93. The summed E-state index contributed by atoms with van der Waals surface area (Å²) in [5.74, 6) is 1.41. The van der Waals surface area contributed by atoms with Crippen molar-refractivity contribution in [1.82, 2.24) is 4.57 Å². The van der Waals surface area contributed by atoms with E-state index in [-0.39, 0.29) is 5.97 Å². The van der Waals surface area contributed by atoms with Gasteiger partial charge >= 0.3 is 5.97 Å². The third kappa shape index (κ3) is 2.47. The van der Waals surface area contributed by atoms with Gasteiger partial charge in [0.25, 0.3) is 0 Å². The molecule has 0 N–H and O–H groups in total. The lowest BCUT2D eigenvalue weighted by Crippen LogP contribution is -2.13. The van der Waals surface area contributed by atoms with Gasteiger partial charge in [0.15, 0.2) is 0 Å². The van der Waals surface area contributed by atoms with Crippen LogP contribution >= 0.6 is 0 Å². The van der Waals surface area contributed by atoms with Gasteiger partial charge in [0.2, 0.25) is 0 Å². The predicted molar refractivity (Wildman–Crippen MR) is 67.7 cm³/mol. The smallest absolute Gasteiger partial charge is 0.355 e. The molecular weight excluding hydrogens is 230 g/mol. The van der Waals surface area contributed by atoms with E-state index in [2.05, 4.69) is 0 Å². The van der Waals surface area contributed by atoms with Crippen LogP contribution in [0.1, 0.15) is 34.5 Å². The van der Waals surface area contributed by atoms with Gasteiger partial charge in [-0.2, -0.15) is 0 Å². The molecular formula is C14H17NO3. The zero-order valence-corrected chi connectivity index (χ0v) is 10.9. The van der Waals surface area contributed by atoms with Crippen molar-refractivity contribution in [3.63, 3.8) is 0 Å². The first-order valence-electron chi connectivity index (χ1n) is 6.00. The fourth-order valence-corrected chi connectivity index (χ4v) is 1.93. The van der Waals surface area contributed by atoms with Crippen LogP contribution in [0.3, 0.4) is 0 Å². The van der Waals surface area contributed by atoms with Crippen molar-refractivity contribution in [2.45, 2.75) is 27.3 Å². The molecule has 2 aromatic rings. The average Bonchev–Trinajstić information content (AvgIpc) is 2.87. The summed E-state index contributed by atoms with van der Waals surface area (Å²) in [6.45, 7) is 6.52. The number of aromatic nitrogens is 1. The van der Waals surface area contributed by atoms with Crippen LogP contribution in [-0.4, -0.2) is 17.1 Å². The summed E-state index contributed by atoms with van der Waals surface area (Å²) >= 11 is 0. The molecule has 0 saturated carbocycles. The topological polar surface area (TPSA) is 44.4 Å². The number of carbonyl (C=O) groups is 1. The number of ether oxygens (including phenoxy) is 1. The SMILES string of the molecule is CCOC(=O)c1c(C)ccn1Cc1ccc(C)o1. The molecule has 0 unspecified atom stereocenters.